The van der Waals surface area contributed by atoms with E-state index in [9.17, 15) is 21.6 Å². The number of hydrogen-bond donors (Lipinski definition) is 0. The molecular weight excluding hydrogens is 345 g/mol. The molecule has 0 unspecified atom stereocenters. The largest absolute Gasteiger partial charge is 0.573 e. The zero-order chi connectivity index (χ0) is 18.1. The molecular formula is C15H15F3N2O3S. The maximum atomic E-state index is 12.2. The predicted octanol–water partition coefficient (Wildman–Crippen LogP) is 3.21. The molecule has 130 valence electrons. The first-order valence-corrected chi connectivity index (χ1v) is 8.11. The average molecular weight is 360 g/mol. The minimum Gasteiger partial charge on any atom is -0.406 e. The Morgan fingerprint density at radius 3 is 2.21 bits per heavy atom. The monoisotopic (exact) mass is 360 g/mol. The second-order valence-corrected chi connectivity index (χ2v) is 7.21. The fourth-order valence-corrected chi connectivity index (χ4v) is 2.82. The third-order valence-corrected chi connectivity index (χ3v) is 4.93. The van der Waals surface area contributed by atoms with Crippen LogP contribution < -0.4 is 9.64 Å². The summed E-state index contributed by atoms with van der Waals surface area (Å²) in [5, 5.41) is 0. The van der Waals surface area contributed by atoms with Crippen LogP contribution in [0.3, 0.4) is 0 Å². The van der Waals surface area contributed by atoms with E-state index in [2.05, 4.69) is 11.3 Å². The highest BCUT2D eigenvalue weighted by atomic mass is 32.2. The van der Waals surface area contributed by atoms with Crippen LogP contribution in [0, 0.1) is 0 Å². The zero-order valence-electron chi connectivity index (χ0n) is 12.9. The minimum atomic E-state index is -4.77. The summed E-state index contributed by atoms with van der Waals surface area (Å²) in [5.74, 6) is -0.366. The molecule has 0 fully saturated rings. The van der Waals surface area contributed by atoms with Gasteiger partial charge in [0.25, 0.3) is 0 Å². The summed E-state index contributed by atoms with van der Waals surface area (Å²) < 4.78 is 65.8. The maximum Gasteiger partial charge on any atom is 0.573 e. The van der Waals surface area contributed by atoms with Crippen molar-refractivity contribution in [3.63, 3.8) is 0 Å². The van der Waals surface area contributed by atoms with Crippen LogP contribution in [0.25, 0.3) is 0 Å². The summed E-state index contributed by atoms with van der Waals surface area (Å²) in [5.41, 5.74) is 0.919. The Morgan fingerprint density at radius 2 is 1.71 bits per heavy atom. The van der Waals surface area contributed by atoms with Crippen LogP contribution in [0.1, 0.15) is 0 Å². The number of nitrogens with zero attached hydrogens (tertiary/aromatic N) is 2. The van der Waals surface area contributed by atoms with Gasteiger partial charge in [-0.2, -0.15) is 0 Å². The molecule has 1 aliphatic heterocycles. The number of halogens is 3. The maximum absolute atomic E-state index is 12.2. The summed E-state index contributed by atoms with van der Waals surface area (Å²) >= 11 is 0. The number of sulfonamides is 1. The van der Waals surface area contributed by atoms with Gasteiger partial charge in [-0.3, -0.25) is 0 Å². The van der Waals surface area contributed by atoms with E-state index >= 15 is 0 Å². The van der Waals surface area contributed by atoms with Crippen molar-refractivity contribution in [1.29, 1.82) is 0 Å². The number of allylic oxidation sites excluding steroid dienone is 2. The van der Waals surface area contributed by atoms with E-state index in [1.165, 1.54) is 49.5 Å². The molecule has 0 spiro atoms. The van der Waals surface area contributed by atoms with Crippen LogP contribution in [0.5, 0.6) is 5.75 Å². The topological polar surface area (TPSA) is 49.9 Å². The van der Waals surface area contributed by atoms with Gasteiger partial charge in [0.15, 0.2) is 0 Å². The van der Waals surface area contributed by atoms with Crippen LogP contribution in [-0.2, 0) is 10.0 Å². The van der Waals surface area contributed by atoms with Gasteiger partial charge in [-0.05, 0) is 36.4 Å². The smallest absolute Gasteiger partial charge is 0.406 e. The van der Waals surface area contributed by atoms with E-state index in [1.54, 1.807) is 0 Å². The van der Waals surface area contributed by atoms with Gasteiger partial charge in [-0.1, -0.05) is 6.58 Å². The number of anilines is 1. The molecule has 0 bridgehead atoms. The fourth-order valence-electron chi connectivity index (χ4n) is 1.92. The molecule has 0 atom stereocenters. The van der Waals surface area contributed by atoms with Gasteiger partial charge in [-0.15, -0.1) is 13.2 Å². The number of ether oxygens (including phenoxy) is 1. The van der Waals surface area contributed by atoms with Crippen molar-refractivity contribution >= 4 is 15.7 Å². The van der Waals surface area contributed by atoms with Crippen LogP contribution in [-0.4, -0.2) is 33.2 Å². The lowest BCUT2D eigenvalue weighted by atomic mass is 10.2. The van der Waals surface area contributed by atoms with Gasteiger partial charge in [-0.25, -0.2) is 12.7 Å². The molecule has 0 saturated heterocycles. The van der Waals surface area contributed by atoms with Gasteiger partial charge >= 0.3 is 6.36 Å². The zero-order valence-corrected chi connectivity index (χ0v) is 13.7. The van der Waals surface area contributed by atoms with Gasteiger partial charge in [0, 0.05) is 31.7 Å². The Balaban J connectivity index is 2.32. The lowest BCUT2D eigenvalue weighted by molar-refractivity contribution is -0.274. The van der Waals surface area contributed by atoms with E-state index in [-0.39, 0.29) is 10.7 Å². The summed E-state index contributed by atoms with van der Waals surface area (Å²) in [6.07, 6.45) is -0.491. The Labute approximate surface area is 138 Å². The van der Waals surface area contributed by atoms with Crippen LogP contribution >= 0.6 is 0 Å². The van der Waals surface area contributed by atoms with Crippen molar-refractivity contribution in [2.45, 2.75) is 6.36 Å². The highest BCUT2D eigenvalue weighted by molar-refractivity contribution is 7.93. The number of alkyl halides is 3. The third-order valence-electron chi connectivity index (χ3n) is 3.13. The molecule has 1 aliphatic rings. The average Bonchev–Trinajstić information content (AvgIpc) is 2.46. The lowest BCUT2D eigenvalue weighted by Crippen LogP contribution is -2.27. The molecule has 0 amide bonds. The van der Waals surface area contributed by atoms with Crippen LogP contribution in [0.15, 0.2) is 59.8 Å². The van der Waals surface area contributed by atoms with Gasteiger partial charge in [0.2, 0.25) is 10.0 Å². The van der Waals surface area contributed by atoms with Gasteiger partial charge < -0.3 is 9.64 Å². The first kappa shape index (κ1) is 18.1. The van der Waals surface area contributed by atoms with Gasteiger partial charge in [0.1, 0.15) is 5.75 Å². The molecule has 24 heavy (non-hydrogen) atoms. The molecule has 1 heterocycles. The summed E-state index contributed by atoms with van der Waals surface area (Å²) in [7, 11) is -0.837. The first-order chi connectivity index (χ1) is 11.0. The molecule has 5 nitrogen and oxygen atoms in total. The second-order valence-electron chi connectivity index (χ2n) is 5.06. The molecule has 0 aromatic heterocycles. The Hall–Kier alpha value is -2.26. The number of benzene rings is 1. The molecule has 9 heteroatoms. The molecule has 0 saturated carbocycles. The minimum absolute atomic E-state index is 0.0375. The standard InChI is InChI=1S/C15H15F3N2O3S/c1-11-4-9-14(24(21,22)19(2)3)10-20(11)12-5-7-13(8-6-12)23-15(16,17)18/h4-10H,1H2,2-3H3. The SMILES string of the molecule is C=C1C=CC(S(=O)(=O)N(C)C)=CN1c1ccc(OC(F)(F)F)cc1. The second kappa shape index (κ2) is 6.33. The van der Waals surface area contributed by atoms with Crippen LogP contribution in [0.2, 0.25) is 0 Å². The molecule has 2 rings (SSSR count). The van der Waals surface area contributed by atoms with E-state index in [0.717, 1.165) is 16.4 Å². The molecule has 1 aromatic rings. The third kappa shape index (κ3) is 3.98. The molecule has 0 radical (unpaired) electrons. The van der Waals surface area contributed by atoms with E-state index in [1.807, 2.05) is 0 Å². The summed E-state index contributed by atoms with van der Waals surface area (Å²) in [4.78, 5) is 1.50. The van der Waals surface area contributed by atoms with Crippen molar-refractivity contribution in [1.82, 2.24) is 4.31 Å². The normalized spacial score (nSPS) is 15.7. The van der Waals surface area contributed by atoms with Crippen LogP contribution in [0.4, 0.5) is 18.9 Å². The van der Waals surface area contributed by atoms with E-state index in [0.29, 0.717) is 11.4 Å². The summed E-state index contributed by atoms with van der Waals surface area (Å²) in [6.45, 7) is 3.79. The van der Waals surface area contributed by atoms with E-state index in [4.69, 9.17) is 0 Å². The van der Waals surface area contributed by atoms with Gasteiger partial charge in [0.05, 0.1) is 4.91 Å². The van der Waals surface area contributed by atoms with Crippen molar-refractivity contribution in [2.75, 3.05) is 19.0 Å². The number of rotatable bonds is 4. The Bertz CT molecular complexity index is 794. The summed E-state index contributed by atoms with van der Waals surface area (Å²) in [6, 6.07) is 5.04. The number of hydrogen-bond acceptors (Lipinski definition) is 4. The Morgan fingerprint density at radius 1 is 1.12 bits per heavy atom. The fraction of sp³-hybridized carbons (Fsp3) is 0.200. The molecule has 0 aliphatic carbocycles. The Kier molecular flexibility index (Phi) is 4.77. The molecule has 1 aromatic carbocycles. The first-order valence-electron chi connectivity index (χ1n) is 6.67. The van der Waals surface area contributed by atoms with Crippen molar-refractivity contribution in [2.24, 2.45) is 0 Å². The quantitative estimate of drug-likeness (QED) is 0.827. The lowest BCUT2D eigenvalue weighted by Gasteiger charge is -2.26. The highest BCUT2D eigenvalue weighted by Crippen LogP contribution is 2.30. The highest BCUT2D eigenvalue weighted by Gasteiger charge is 2.31. The predicted molar refractivity (Wildman–Crippen MR) is 84.6 cm³/mol. The van der Waals surface area contributed by atoms with Crippen molar-refractivity contribution in [3.05, 3.63) is 59.8 Å². The molecule has 0 N–H and O–H groups in total. The van der Waals surface area contributed by atoms with Crippen molar-refractivity contribution < 1.29 is 26.3 Å². The van der Waals surface area contributed by atoms with Crippen molar-refractivity contribution in [3.8, 4) is 5.75 Å². The van der Waals surface area contributed by atoms with E-state index < -0.39 is 16.4 Å².